The molecule has 0 spiro atoms. The Hall–Kier alpha value is -0.130. The zero-order valence-electron chi connectivity index (χ0n) is 8.81. The highest BCUT2D eigenvalue weighted by molar-refractivity contribution is 7.93. The SMILES string of the molecule is O=S1(=O)C[C@@]2(N3CCOCC3)CCC[C@@H]21. The van der Waals surface area contributed by atoms with Gasteiger partial charge in [-0.05, 0) is 12.8 Å². The van der Waals surface area contributed by atoms with E-state index in [1.807, 2.05) is 0 Å². The summed E-state index contributed by atoms with van der Waals surface area (Å²) in [6.07, 6.45) is 3.01. The molecule has 0 bridgehead atoms. The molecular weight excluding hydrogens is 214 g/mol. The van der Waals surface area contributed by atoms with Crippen molar-refractivity contribution < 1.29 is 13.2 Å². The van der Waals surface area contributed by atoms with Gasteiger partial charge in [-0.25, -0.2) is 8.42 Å². The van der Waals surface area contributed by atoms with E-state index in [-0.39, 0.29) is 10.8 Å². The van der Waals surface area contributed by atoms with Crippen LogP contribution in [-0.2, 0) is 14.6 Å². The Labute approximate surface area is 90.5 Å². The Morgan fingerprint density at radius 2 is 2.00 bits per heavy atom. The van der Waals surface area contributed by atoms with Gasteiger partial charge in [0.05, 0.1) is 29.8 Å². The second kappa shape index (κ2) is 3.18. The lowest BCUT2D eigenvalue weighted by atomic mass is 9.95. The van der Waals surface area contributed by atoms with Gasteiger partial charge in [0.2, 0.25) is 0 Å². The van der Waals surface area contributed by atoms with Gasteiger partial charge in [0, 0.05) is 13.1 Å². The summed E-state index contributed by atoms with van der Waals surface area (Å²) in [5.41, 5.74) is 0.00259. The normalized spacial score (nSPS) is 44.7. The molecule has 0 aromatic rings. The summed E-state index contributed by atoms with van der Waals surface area (Å²) < 4.78 is 28.7. The molecule has 5 heteroatoms. The van der Waals surface area contributed by atoms with Gasteiger partial charge in [-0.15, -0.1) is 0 Å². The van der Waals surface area contributed by atoms with Crippen LogP contribution < -0.4 is 0 Å². The molecule has 2 atom stereocenters. The van der Waals surface area contributed by atoms with Crippen molar-refractivity contribution in [3.05, 3.63) is 0 Å². The lowest BCUT2D eigenvalue weighted by Gasteiger charge is -2.52. The third kappa shape index (κ3) is 1.29. The molecule has 3 rings (SSSR count). The van der Waals surface area contributed by atoms with Crippen molar-refractivity contribution in [2.45, 2.75) is 30.1 Å². The second-order valence-electron chi connectivity index (χ2n) is 4.89. The highest BCUT2D eigenvalue weighted by Gasteiger charge is 2.63. The van der Waals surface area contributed by atoms with Crippen LogP contribution in [0.5, 0.6) is 0 Å². The van der Waals surface area contributed by atoms with Crippen molar-refractivity contribution in [3.63, 3.8) is 0 Å². The summed E-state index contributed by atoms with van der Waals surface area (Å²) in [6, 6.07) is 0. The van der Waals surface area contributed by atoms with E-state index in [4.69, 9.17) is 4.74 Å². The number of fused-ring (bicyclic) bond motifs is 1. The summed E-state index contributed by atoms with van der Waals surface area (Å²) in [6.45, 7) is 3.33. The summed E-state index contributed by atoms with van der Waals surface area (Å²) >= 11 is 0. The minimum atomic E-state index is -2.75. The molecule has 1 saturated carbocycles. The monoisotopic (exact) mass is 231 g/mol. The molecule has 0 amide bonds. The first kappa shape index (κ1) is 10.1. The van der Waals surface area contributed by atoms with Gasteiger partial charge in [-0.3, -0.25) is 4.90 Å². The average Bonchev–Trinajstić information content (AvgIpc) is 2.59. The Morgan fingerprint density at radius 1 is 1.27 bits per heavy atom. The van der Waals surface area contributed by atoms with Crippen molar-refractivity contribution >= 4 is 9.84 Å². The lowest BCUT2D eigenvalue weighted by Crippen LogP contribution is -2.70. The maximum absolute atomic E-state index is 11.7. The molecule has 0 aromatic heterocycles. The van der Waals surface area contributed by atoms with Gasteiger partial charge >= 0.3 is 0 Å². The Balaban J connectivity index is 1.85. The molecule has 86 valence electrons. The van der Waals surface area contributed by atoms with E-state index in [1.165, 1.54) is 0 Å². The lowest BCUT2D eigenvalue weighted by molar-refractivity contribution is -0.0175. The smallest absolute Gasteiger partial charge is 0.156 e. The average molecular weight is 231 g/mol. The van der Waals surface area contributed by atoms with Crippen molar-refractivity contribution in [1.29, 1.82) is 0 Å². The summed E-state index contributed by atoms with van der Waals surface area (Å²) in [5, 5.41) is -0.0666. The molecule has 0 N–H and O–H groups in total. The molecule has 0 aromatic carbocycles. The molecule has 4 nitrogen and oxygen atoms in total. The molecule has 0 unspecified atom stereocenters. The summed E-state index contributed by atoms with van der Waals surface area (Å²) in [4.78, 5) is 2.37. The molecule has 15 heavy (non-hydrogen) atoms. The summed E-state index contributed by atoms with van der Waals surface area (Å²) in [7, 11) is -2.75. The molecule has 0 radical (unpaired) electrons. The fourth-order valence-electron chi connectivity index (χ4n) is 3.51. The van der Waals surface area contributed by atoms with Crippen LogP contribution in [0.4, 0.5) is 0 Å². The number of rotatable bonds is 1. The Bertz CT molecular complexity index is 361. The fraction of sp³-hybridized carbons (Fsp3) is 1.00. The van der Waals surface area contributed by atoms with Crippen LogP contribution in [0.2, 0.25) is 0 Å². The third-order valence-electron chi connectivity index (χ3n) is 4.20. The van der Waals surface area contributed by atoms with E-state index in [0.29, 0.717) is 5.75 Å². The van der Waals surface area contributed by atoms with E-state index < -0.39 is 9.84 Å². The first-order chi connectivity index (χ1) is 7.15. The van der Waals surface area contributed by atoms with Crippen LogP contribution in [0.15, 0.2) is 0 Å². The molecule has 2 aliphatic heterocycles. The Kier molecular flexibility index (Phi) is 2.13. The number of nitrogens with zero attached hydrogens (tertiary/aromatic N) is 1. The van der Waals surface area contributed by atoms with E-state index in [2.05, 4.69) is 4.90 Å². The molecule has 2 heterocycles. The van der Waals surface area contributed by atoms with Crippen molar-refractivity contribution in [3.8, 4) is 0 Å². The van der Waals surface area contributed by atoms with E-state index in [1.54, 1.807) is 0 Å². The molecule has 3 fully saturated rings. The van der Waals surface area contributed by atoms with Gasteiger partial charge in [-0.2, -0.15) is 0 Å². The van der Waals surface area contributed by atoms with Crippen molar-refractivity contribution in [2.24, 2.45) is 0 Å². The highest BCUT2D eigenvalue weighted by atomic mass is 32.2. The van der Waals surface area contributed by atoms with Gasteiger partial charge in [0.15, 0.2) is 9.84 Å². The molecular formula is C10H17NO3S. The number of morpholine rings is 1. The van der Waals surface area contributed by atoms with Crippen LogP contribution in [-0.4, -0.2) is 56.2 Å². The molecule has 2 saturated heterocycles. The summed E-state index contributed by atoms with van der Waals surface area (Å²) in [5.74, 6) is 0.394. The predicted octanol–water partition coefficient (Wildman–Crippen LogP) is 0.0383. The van der Waals surface area contributed by atoms with Crippen molar-refractivity contribution in [1.82, 2.24) is 4.90 Å². The predicted molar refractivity (Wildman–Crippen MR) is 56.5 cm³/mol. The van der Waals surface area contributed by atoms with Gasteiger partial charge in [0.1, 0.15) is 0 Å². The maximum atomic E-state index is 11.7. The van der Waals surface area contributed by atoms with Gasteiger partial charge < -0.3 is 4.74 Å². The second-order valence-corrected chi connectivity index (χ2v) is 7.07. The van der Waals surface area contributed by atoms with Gasteiger partial charge in [0.25, 0.3) is 0 Å². The standard InChI is InChI=1S/C10H17NO3S/c12-15(13)8-10(3-1-2-9(10)15)11-4-6-14-7-5-11/h9H,1-8H2/t9-,10-/m0/s1. The molecule has 3 aliphatic rings. The van der Waals surface area contributed by atoms with E-state index in [9.17, 15) is 8.42 Å². The number of hydrogen-bond acceptors (Lipinski definition) is 4. The topological polar surface area (TPSA) is 46.6 Å². The quantitative estimate of drug-likeness (QED) is 0.639. The maximum Gasteiger partial charge on any atom is 0.156 e. The number of sulfone groups is 1. The van der Waals surface area contributed by atoms with Gasteiger partial charge in [-0.1, -0.05) is 6.42 Å². The van der Waals surface area contributed by atoms with E-state index in [0.717, 1.165) is 45.6 Å². The minimum Gasteiger partial charge on any atom is -0.379 e. The Morgan fingerprint density at radius 3 is 2.67 bits per heavy atom. The minimum absolute atomic E-state index is 0.00259. The highest BCUT2D eigenvalue weighted by Crippen LogP contribution is 2.49. The van der Waals surface area contributed by atoms with Crippen LogP contribution in [0.3, 0.4) is 0 Å². The number of hydrogen-bond donors (Lipinski definition) is 0. The van der Waals surface area contributed by atoms with Crippen molar-refractivity contribution in [2.75, 3.05) is 32.1 Å². The van der Waals surface area contributed by atoms with E-state index >= 15 is 0 Å². The molecule has 1 aliphatic carbocycles. The first-order valence-corrected chi connectivity index (χ1v) is 7.41. The number of ether oxygens (including phenoxy) is 1. The zero-order chi connectivity index (χ0) is 10.5. The van der Waals surface area contributed by atoms with Crippen LogP contribution in [0, 0.1) is 0 Å². The fourth-order valence-corrected chi connectivity index (χ4v) is 6.19. The first-order valence-electron chi connectivity index (χ1n) is 5.70. The largest absolute Gasteiger partial charge is 0.379 e. The zero-order valence-corrected chi connectivity index (χ0v) is 9.63. The van der Waals surface area contributed by atoms with Crippen LogP contribution in [0.25, 0.3) is 0 Å². The third-order valence-corrected chi connectivity index (χ3v) is 6.64. The van der Waals surface area contributed by atoms with Crippen LogP contribution >= 0.6 is 0 Å². The van der Waals surface area contributed by atoms with Crippen LogP contribution in [0.1, 0.15) is 19.3 Å².